The molecule has 1 heterocycles. The second-order valence-electron chi connectivity index (χ2n) is 5.69. The molecule has 0 aromatic heterocycles. The Balaban J connectivity index is 1.82. The van der Waals surface area contributed by atoms with Crippen LogP contribution < -0.4 is 20.1 Å². The minimum absolute atomic E-state index is 0.0612. The Morgan fingerprint density at radius 3 is 2.52 bits per heavy atom. The van der Waals surface area contributed by atoms with Gasteiger partial charge in [-0.3, -0.25) is 14.9 Å². The maximum Gasteiger partial charge on any atom is 0.411 e. The zero-order chi connectivity index (χ0) is 19.4. The first kappa shape index (κ1) is 18.2. The van der Waals surface area contributed by atoms with Crippen molar-refractivity contribution in [1.29, 1.82) is 0 Å². The van der Waals surface area contributed by atoms with Crippen LogP contribution >= 0.6 is 0 Å². The number of amides is 2. The topological polar surface area (TPSA) is 103 Å². The van der Waals surface area contributed by atoms with Crippen LogP contribution in [0.15, 0.2) is 36.4 Å². The maximum absolute atomic E-state index is 12.6. The number of carbonyl (C=O) groups is 3. The predicted molar refractivity (Wildman–Crippen MR) is 97.6 cm³/mol. The van der Waals surface area contributed by atoms with Crippen molar-refractivity contribution in [3.63, 3.8) is 0 Å². The smallest absolute Gasteiger partial charge is 0.411 e. The van der Waals surface area contributed by atoms with Gasteiger partial charge in [0.25, 0.3) is 5.91 Å². The summed E-state index contributed by atoms with van der Waals surface area (Å²) in [5.74, 6) is 0.247. The average Bonchev–Trinajstić information content (AvgIpc) is 3.08. The Hall–Kier alpha value is -3.55. The Bertz CT molecular complexity index is 909. The van der Waals surface area contributed by atoms with Gasteiger partial charge in [-0.1, -0.05) is 6.07 Å². The largest absolute Gasteiger partial charge is 0.454 e. The molecule has 2 N–H and O–H groups in total. The monoisotopic (exact) mass is 370 g/mol. The van der Waals surface area contributed by atoms with E-state index in [1.807, 2.05) is 0 Å². The summed E-state index contributed by atoms with van der Waals surface area (Å²) in [7, 11) is 0. The molecule has 0 spiro atoms. The highest BCUT2D eigenvalue weighted by molar-refractivity contribution is 6.10. The van der Waals surface area contributed by atoms with E-state index >= 15 is 0 Å². The van der Waals surface area contributed by atoms with Gasteiger partial charge in [0.1, 0.15) is 0 Å². The second kappa shape index (κ2) is 7.77. The zero-order valence-electron chi connectivity index (χ0n) is 14.8. The Morgan fingerprint density at radius 2 is 1.81 bits per heavy atom. The summed E-state index contributed by atoms with van der Waals surface area (Å²) in [6, 6.07) is 9.45. The summed E-state index contributed by atoms with van der Waals surface area (Å²) in [5.41, 5.74) is 1.35. The number of fused-ring (bicyclic) bond motifs is 1. The standard InChI is InChI=1S/C19H18N2O6/c1-3-25-19(24)20-13-6-4-5-12(7-13)18(23)21-15-9-17-16(26-10-27-17)8-14(15)11(2)22/h4-9H,3,10H2,1-2H3,(H,20,24)(H,21,23). The van der Waals surface area contributed by atoms with E-state index in [1.165, 1.54) is 13.0 Å². The van der Waals surface area contributed by atoms with Crippen molar-refractivity contribution in [2.75, 3.05) is 24.0 Å². The first-order valence-electron chi connectivity index (χ1n) is 8.27. The molecule has 1 aliphatic rings. The lowest BCUT2D eigenvalue weighted by atomic mass is 10.1. The number of ketones is 1. The molecule has 0 aliphatic carbocycles. The molecule has 27 heavy (non-hydrogen) atoms. The van der Waals surface area contributed by atoms with Crippen molar-refractivity contribution in [1.82, 2.24) is 0 Å². The highest BCUT2D eigenvalue weighted by Gasteiger charge is 2.21. The van der Waals surface area contributed by atoms with Crippen LogP contribution in [0.2, 0.25) is 0 Å². The van der Waals surface area contributed by atoms with Gasteiger partial charge in [-0.2, -0.15) is 0 Å². The lowest BCUT2D eigenvalue weighted by Crippen LogP contribution is -2.16. The minimum atomic E-state index is -0.607. The van der Waals surface area contributed by atoms with Gasteiger partial charge in [-0.15, -0.1) is 0 Å². The summed E-state index contributed by atoms with van der Waals surface area (Å²) in [4.78, 5) is 36.0. The van der Waals surface area contributed by atoms with E-state index in [0.29, 0.717) is 34.0 Å². The van der Waals surface area contributed by atoms with Crippen LogP contribution in [0.5, 0.6) is 11.5 Å². The van der Waals surface area contributed by atoms with E-state index in [1.54, 1.807) is 37.3 Å². The lowest BCUT2D eigenvalue weighted by Gasteiger charge is -2.11. The molecule has 0 radical (unpaired) electrons. The number of nitrogens with one attached hydrogen (secondary N) is 2. The summed E-state index contributed by atoms with van der Waals surface area (Å²) < 4.78 is 15.4. The lowest BCUT2D eigenvalue weighted by molar-refractivity contribution is 0.101. The number of anilines is 2. The number of benzene rings is 2. The van der Waals surface area contributed by atoms with Crippen molar-refractivity contribution in [3.8, 4) is 11.5 Å². The summed E-state index contributed by atoms with van der Waals surface area (Å²) >= 11 is 0. The normalized spacial score (nSPS) is 11.6. The van der Waals surface area contributed by atoms with Crippen LogP contribution in [0.1, 0.15) is 34.6 Å². The molecule has 0 saturated heterocycles. The molecule has 2 aromatic rings. The Kier molecular flexibility index (Phi) is 5.25. The molecule has 2 amide bonds. The van der Waals surface area contributed by atoms with Crippen LogP contribution in [0.4, 0.5) is 16.2 Å². The molecule has 0 atom stereocenters. The van der Waals surface area contributed by atoms with E-state index < -0.39 is 12.0 Å². The predicted octanol–water partition coefficient (Wildman–Crippen LogP) is 3.44. The van der Waals surface area contributed by atoms with Gasteiger partial charge in [-0.25, -0.2) is 4.79 Å². The number of hydrogen-bond donors (Lipinski definition) is 2. The number of Topliss-reactive ketones (excluding diaryl/α,β-unsaturated/α-hetero) is 1. The fraction of sp³-hybridized carbons (Fsp3) is 0.211. The molecule has 140 valence electrons. The molecule has 0 fully saturated rings. The summed E-state index contributed by atoms with van der Waals surface area (Å²) in [6.07, 6.45) is -0.607. The van der Waals surface area contributed by atoms with Crippen molar-refractivity contribution in [3.05, 3.63) is 47.5 Å². The Labute approximate surface area is 155 Å². The van der Waals surface area contributed by atoms with Gasteiger partial charge >= 0.3 is 6.09 Å². The molecule has 8 nitrogen and oxygen atoms in total. The third-order valence-corrected chi connectivity index (χ3v) is 3.79. The number of ether oxygens (including phenoxy) is 3. The molecule has 0 saturated carbocycles. The summed E-state index contributed by atoms with van der Waals surface area (Å²) in [6.45, 7) is 3.40. The second-order valence-corrected chi connectivity index (χ2v) is 5.69. The van der Waals surface area contributed by atoms with Gasteiger partial charge in [0.05, 0.1) is 12.3 Å². The molecule has 8 heteroatoms. The van der Waals surface area contributed by atoms with E-state index in [4.69, 9.17) is 14.2 Å². The maximum atomic E-state index is 12.6. The van der Waals surface area contributed by atoms with Crippen LogP contribution in [-0.4, -0.2) is 31.2 Å². The SMILES string of the molecule is CCOC(=O)Nc1cccc(C(=O)Nc2cc3c(cc2C(C)=O)OCO3)c1. The van der Waals surface area contributed by atoms with E-state index in [-0.39, 0.29) is 19.2 Å². The summed E-state index contributed by atoms with van der Waals surface area (Å²) in [5, 5.41) is 5.24. The number of hydrogen-bond acceptors (Lipinski definition) is 6. The van der Waals surface area contributed by atoms with E-state index in [0.717, 1.165) is 0 Å². The fourth-order valence-electron chi connectivity index (χ4n) is 2.55. The minimum Gasteiger partial charge on any atom is -0.454 e. The molecule has 0 unspecified atom stereocenters. The van der Waals surface area contributed by atoms with Gasteiger partial charge in [0.15, 0.2) is 17.3 Å². The van der Waals surface area contributed by atoms with Crippen LogP contribution in [0.25, 0.3) is 0 Å². The van der Waals surface area contributed by atoms with Gasteiger partial charge in [-0.05, 0) is 38.1 Å². The first-order valence-corrected chi connectivity index (χ1v) is 8.27. The van der Waals surface area contributed by atoms with Crippen LogP contribution in [-0.2, 0) is 4.74 Å². The zero-order valence-corrected chi connectivity index (χ0v) is 14.8. The third-order valence-electron chi connectivity index (χ3n) is 3.79. The third kappa shape index (κ3) is 4.17. The van der Waals surface area contributed by atoms with E-state index in [2.05, 4.69) is 10.6 Å². The van der Waals surface area contributed by atoms with Gasteiger partial charge < -0.3 is 19.5 Å². The molecule has 3 rings (SSSR count). The molecular weight excluding hydrogens is 352 g/mol. The number of carbonyl (C=O) groups excluding carboxylic acids is 3. The van der Waals surface area contributed by atoms with Crippen molar-refractivity contribution >= 4 is 29.2 Å². The fourth-order valence-corrected chi connectivity index (χ4v) is 2.55. The van der Waals surface area contributed by atoms with Crippen LogP contribution in [0.3, 0.4) is 0 Å². The first-order chi connectivity index (χ1) is 13.0. The molecule has 1 aliphatic heterocycles. The van der Waals surface area contributed by atoms with Crippen molar-refractivity contribution in [2.45, 2.75) is 13.8 Å². The van der Waals surface area contributed by atoms with Gasteiger partial charge in [0.2, 0.25) is 6.79 Å². The van der Waals surface area contributed by atoms with Gasteiger partial charge in [0, 0.05) is 22.9 Å². The Morgan fingerprint density at radius 1 is 1.07 bits per heavy atom. The van der Waals surface area contributed by atoms with Crippen LogP contribution in [0, 0.1) is 0 Å². The molecule has 2 aromatic carbocycles. The van der Waals surface area contributed by atoms with Crippen molar-refractivity contribution in [2.24, 2.45) is 0 Å². The van der Waals surface area contributed by atoms with Crippen molar-refractivity contribution < 1.29 is 28.6 Å². The molecule has 0 bridgehead atoms. The quantitative estimate of drug-likeness (QED) is 0.782. The highest BCUT2D eigenvalue weighted by Crippen LogP contribution is 2.37. The average molecular weight is 370 g/mol. The highest BCUT2D eigenvalue weighted by atomic mass is 16.7. The molecular formula is C19H18N2O6. The number of rotatable bonds is 5. The van der Waals surface area contributed by atoms with E-state index in [9.17, 15) is 14.4 Å².